The SMILES string of the molecule is Cc1ccc(C(=O)CC2C(=N)CC3=C2CCCC3)cc1.[Br-]. The van der Waals surface area contributed by atoms with Crippen molar-refractivity contribution in [1.82, 2.24) is 0 Å². The minimum Gasteiger partial charge on any atom is -1.00 e. The minimum atomic E-state index is 0. The highest BCUT2D eigenvalue weighted by Gasteiger charge is 2.32. The molecular weight excluding hydrogens is 326 g/mol. The third kappa shape index (κ3) is 3.34. The zero-order valence-corrected chi connectivity index (χ0v) is 14.0. The summed E-state index contributed by atoms with van der Waals surface area (Å²) in [5, 5.41) is 8.20. The molecule has 21 heavy (non-hydrogen) atoms. The Labute approximate surface area is 136 Å². The molecule has 1 aromatic carbocycles. The highest BCUT2D eigenvalue weighted by atomic mass is 79.9. The van der Waals surface area contributed by atoms with Crippen molar-refractivity contribution in [3.63, 3.8) is 0 Å². The number of nitrogens with one attached hydrogen (secondary N) is 1. The van der Waals surface area contributed by atoms with Gasteiger partial charge in [-0.1, -0.05) is 41.0 Å². The van der Waals surface area contributed by atoms with Gasteiger partial charge in [-0.25, -0.2) is 0 Å². The van der Waals surface area contributed by atoms with E-state index in [1.807, 2.05) is 31.2 Å². The van der Waals surface area contributed by atoms with Gasteiger partial charge >= 0.3 is 0 Å². The van der Waals surface area contributed by atoms with E-state index in [9.17, 15) is 4.79 Å². The molecule has 3 rings (SSSR count). The number of aryl methyl sites for hydroxylation is 1. The van der Waals surface area contributed by atoms with Gasteiger partial charge in [0.1, 0.15) is 0 Å². The van der Waals surface area contributed by atoms with Crippen LogP contribution in [0.3, 0.4) is 0 Å². The van der Waals surface area contributed by atoms with Gasteiger partial charge in [0.25, 0.3) is 0 Å². The number of rotatable bonds is 3. The van der Waals surface area contributed by atoms with Crippen molar-refractivity contribution in [2.75, 3.05) is 0 Å². The molecule has 3 heteroatoms. The predicted molar refractivity (Wildman–Crippen MR) is 81.5 cm³/mol. The molecule has 0 bridgehead atoms. The van der Waals surface area contributed by atoms with Gasteiger partial charge in [-0.2, -0.15) is 0 Å². The van der Waals surface area contributed by atoms with Gasteiger partial charge in [0.2, 0.25) is 0 Å². The maximum absolute atomic E-state index is 12.4. The summed E-state index contributed by atoms with van der Waals surface area (Å²) in [6.45, 7) is 2.03. The van der Waals surface area contributed by atoms with Crippen molar-refractivity contribution < 1.29 is 21.8 Å². The van der Waals surface area contributed by atoms with Crippen LogP contribution in [0.25, 0.3) is 0 Å². The van der Waals surface area contributed by atoms with Crippen LogP contribution in [-0.4, -0.2) is 11.5 Å². The van der Waals surface area contributed by atoms with Crippen LogP contribution in [0.5, 0.6) is 0 Å². The fourth-order valence-corrected chi connectivity index (χ4v) is 3.47. The molecule has 1 atom stereocenters. The molecule has 2 aliphatic rings. The van der Waals surface area contributed by atoms with Gasteiger partial charge in [0.05, 0.1) is 0 Å². The molecule has 112 valence electrons. The third-order valence-electron chi connectivity index (χ3n) is 4.64. The van der Waals surface area contributed by atoms with E-state index in [0.717, 1.165) is 30.5 Å². The Hall–Kier alpha value is -1.22. The molecule has 1 N–H and O–H groups in total. The second-order valence-corrected chi connectivity index (χ2v) is 6.08. The number of allylic oxidation sites excluding steroid dienone is 2. The lowest BCUT2D eigenvalue weighted by Crippen LogP contribution is -3.00. The molecule has 0 aliphatic heterocycles. The van der Waals surface area contributed by atoms with Crippen molar-refractivity contribution in [1.29, 1.82) is 5.41 Å². The smallest absolute Gasteiger partial charge is 0.163 e. The van der Waals surface area contributed by atoms with Crippen LogP contribution in [-0.2, 0) is 0 Å². The average molecular weight is 347 g/mol. The van der Waals surface area contributed by atoms with Gasteiger partial charge < -0.3 is 22.4 Å². The standard InChI is InChI=1S/C18H21NO.BrH/c1-12-6-8-13(9-7-12)18(20)11-16-15-5-3-2-4-14(15)10-17(16)19;/h6-9,16,19H,2-5,10-11H2,1H3;1H/p-1. The first-order valence-electron chi connectivity index (χ1n) is 7.53. The molecule has 0 fully saturated rings. The first-order chi connectivity index (χ1) is 9.65. The summed E-state index contributed by atoms with van der Waals surface area (Å²) in [6.07, 6.45) is 6.03. The van der Waals surface area contributed by atoms with Crippen LogP contribution in [0.1, 0.15) is 54.4 Å². The second kappa shape index (κ2) is 6.69. The first kappa shape index (κ1) is 16.2. The zero-order valence-electron chi connectivity index (χ0n) is 12.4. The van der Waals surface area contributed by atoms with Crippen molar-refractivity contribution in [3.05, 3.63) is 46.5 Å². The van der Waals surface area contributed by atoms with Crippen molar-refractivity contribution >= 4 is 11.5 Å². The highest BCUT2D eigenvalue weighted by molar-refractivity contribution is 6.01. The van der Waals surface area contributed by atoms with E-state index in [1.165, 1.54) is 29.6 Å². The molecule has 0 radical (unpaired) electrons. The minimum absolute atomic E-state index is 0. The molecule has 2 aliphatic carbocycles. The van der Waals surface area contributed by atoms with Gasteiger partial charge in [-0.3, -0.25) is 4.79 Å². The Morgan fingerprint density at radius 2 is 1.86 bits per heavy atom. The van der Waals surface area contributed by atoms with E-state index in [4.69, 9.17) is 5.41 Å². The molecule has 2 nitrogen and oxygen atoms in total. The molecule has 0 saturated heterocycles. The first-order valence-corrected chi connectivity index (χ1v) is 7.53. The number of hydrogen-bond acceptors (Lipinski definition) is 2. The molecule has 0 heterocycles. The summed E-state index contributed by atoms with van der Waals surface area (Å²) >= 11 is 0. The molecule has 0 spiro atoms. The van der Waals surface area contributed by atoms with Crippen LogP contribution in [0.4, 0.5) is 0 Å². The largest absolute Gasteiger partial charge is 1.00 e. The predicted octanol–water partition coefficient (Wildman–Crippen LogP) is 1.48. The van der Waals surface area contributed by atoms with Crippen molar-refractivity contribution in [2.24, 2.45) is 5.92 Å². The summed E-state index contributed by atoms with van der Waals surface area (Å²) in [4.78, 5) is 12.4. The summed E-state index contributed by atoms with van der Waals surface area (Å²) in [5.74, 6) is 0.276. The number of Topliss-reactive ketones (excluding diaryl/α,β-unsaturated/α-hetero) is 1. The summed E-state index contributed by atoms with van der Waals surface area (Å²) < 4.78 is 0. The fraction of sp³-hybridized carbons (Fsp3) is 0.444. The third-order valence-corrected chi connectivity index (χ3v) is 4.64. The maximum Gasteiger partial charge on any atom is 0.163 e. The van der Waals surface area contributed by atoms with Gasteiger partial charge in [0, 0.05) is 30.0 Å². The lowest BCUT2D eigenvalue weighted by atomic mass is 9.86. The van der Waals surface area contributed by atoms with Crippen molar-refractivity contribution in [3.8, 4) is 0 Å². The Kier molecular flexibility index (Phi) is 5.15. The lowest BCUT2D eigenvalue weighted by molar-refractivity contribution is -0.0000123. The molecule has 1 unspecified atom stereocenters. The zero-order chi connectivity index (χ0) is 14.1. The van der Waals surface area contributed by atoms with Crippen LogP contribution >= 0.6 is 0 Å². The topological polar surface area (TPSA) is 40.9 Å². The van der Waals surface area contributed by atoms with Crippen LogP contribution < -0.4 is 17.0 Å². The average Bonchev–Trinajstić information content (AvgIpc) is 2.76. The number of benzene rings is 1. The molecule has 0 saturated carbocycles. The number of ketones is 1. The quantitative estimate of drug-likeness (QED) is 0.653. The number of hydrogen-bond donors (Lipinski definition) is 1. The molecular formula is C18H21BrNO-. The maximum atomic E-state index is 12.4. The van der Waals surface area contributed by atoms with Gasteiger partial charge in [-0.15, -0.1) is 0 Å². The monoisotopic (exact) mass is 346 g/mol. The fourth-order valence-electron chi connectivity index (χ4n) is 3.47. The number of carbonyl (C=O) groups is 1. The Morgan fingerprint density at radius 3 is 2.57 bits per heavy atom. The van der Waals surface area contributed by atoms with Crippen LogP contribution in [0, 0.1) is 18.3 Å². The van der Waals surface area contributed by atoms with Crippen LogP contribution in [0.15, 0.2) is 35.4 Å². The molecule has 0 aromatic heterocycles. The van der Waals surface area contributed by atoms with Gasteiger partial charge in [-0.05, 0) is 32.6 Å². The van der Waals surface area contributed by atoms with E-state index in [-0.39, 0.29) is 28.7 Å². The van der Waals surface area contributed by atoms with E-state index in [1.54, 1.807) is 0 Å². The Balaban J connectivity index is 0.00000161. The Bertz CT molecular complexity index is 586. The van der Waals surface area contributed by atoms with Crippen molar-refractivity contribution in [2.45, 2.75) is 45.4 Å². The number of halogens is 1. The van der Waals surface area contributed by atoms with E-state index in [2.05, 4.69) is 0 Å². The van der Waals surface area contributed by atoms with E-state index >= 15 is 0 Å². The second-order valence-electron chi connectivity index (χ2n) is 6.08. The highest BCUT2D eigenvalue weighted by Crippen LogP contribution is 2.40. The lowest BCUT2D eigenvalue weighted by Gasteiger charge is -2.18. The Morgan fingerprint density at radius 1 is 1.19 bits per heavy atom. The number of carbonyl (C=O) groups excluding carboxylic acids is 1. The van der Waals surface area contributed by atoms with E-state index in [0.29, 0.717) is 6.42 Å². The van der Waals surface area contributed by atoms with Gasteiger partial charge in [0.15, 0.2) is 5.78 Å². The normalized spacial score (nSPS) is 21.0. The summed E-state index contributed by atoms with van der Waals surface area (Å²) in [6, 6.07) is 7.79. The molecule has 0 amide bonds. The summed E-state index contributed by atoms with van der Waals surface area (Å²) in [7, 11) is 0. The summed E-state index contributed by atoms with van der Waals surface area (Å²) in [5.41, 5.74) is 5.60. The molecule has 1 aromatic rings. The van der Waals surface area contributed by atoms with Crippen LogP contribution in [0.2, 0.25) is 0 Å². The van der Waals surface area contributed by atoms with E-state index < -0.39 is 0 Å².